The fourth-order valence-electron chi connectivity index (χ4n) is 2.13. The monoisotopic (exact) mass is 292 g/mol. The Balaban J connectivity index is 2.16. The van der Waals surface area contributed by atoms with Crippen LogP contribution in [-0.2, 0) is 7.05 Å². The minimum atomic E-state index is -0.116. The molecule has 2 rings (SSSR count). The number of carbonyl (C=O) groups is 1. The Morgan fingerprint density at radius 3 is 2.75 bits per heavy atom. The molecule has 2 aromatic rings. The van der Waals surface area contributed by atoms with Crippen LogP contribution in [0.3, 0.4) is 0 Å². The van der Waals surface area contributed by atoms with E-state index in [1.54, 1.807) is 16.0 Å². The predicted octanol–water partition coefficient (Wildman–Crippen LogP) is 2.70. The molecule has 0 bridgehead atoms. The van der Waals surface area contributed by atoms with Crippen molar-refractivity contribution in [2.24, 2.45) is 13.0 Å². The number of hydrogen-bond acceptors (Lipinski definition) is 4. The molecule has 2 heterocycles. The summed E-state index contributed by atoms with van der Waals surface area (Å²) in [6.07, 6.45) is 2.35. The Morgan fingerprint density at radius 1 is 1.50 bits per heavy atom. The zero-order chi connectivity index (χ0) is 14.7. The van der Waals surface area contributed by atoms with Crippen LogP contribution in [0.1, 0.15) is 47.4 Å². The number of nitrogens with zero attached hydrogens (tertiary/aromatic N) is 3. The zero-order valence-corrected chi connectivity index (χ0v) is 13.1. The van der Waals surface area contributed by atoms with E-state index in [2.05, 4.69) is 29.2 Å². The Kier molecular flexibility index (Phi) is 4.54. The highest BCUT2D eigenvalue weighted by Crippen LogP contribution is 2.20. The third kappa shape index (κ3) is 3.45. The largest absolute Gasteiger partial charge is 0.342 e. The molecule has 0 spiro atoms. The van der Waals surface area contributed by atoms with E-state index in [0.29, 0.717) is 11.5 Å². The van der Waals surface area contributed by atoms with Gasteiger partial charge >= 0.3 is 0 Å². The first-order valence-corrected chi connectivity index (χ1v) is 7.55. The second kappa shape index (κ2) is 6.17. The standard InChI is InChI=1S/C14H20N4OS/c1-9(2)5-12(13-15-8-16-18(13)4)17-14(19)11-6-10(3)20-7-11/h6-9,12H,5H2,1-4H3,(H,17,19). The molecule has 0 saturated heterocycles. The van der Waals surface area contributed by atoms with Gasteiger partial charge in [-0.15, -0.1) is 11.3 Å². The lowest BCUT2D eigenvalue weighted by Gasteiger charge is -2.19. The number of rotatable bonds is 5. The van der Waals surface area contributed by atoms with E-state index in [9.17, 15) is 4.79 Å². The van der Waals surface area contributed by atoms with Crippen LogP contribution in [0.5, 0.6) is 0 Å². The third-order valence-corrected chi connectivity index (χ3v) is 3.92. The summed E-state index contributed by atoms with van der Waals surface area (Å²) in [5.41, 5.74) is 0.712. The van der Waals surface area contributed by atoms with E-state index in [4.69, 9.17) is 0 Å². The molecular formula is C14H20N4OS. The molecule has 20 heavy (non-hydrogen) atoms. The van der Waals surface area contributed by atoms with E-state index >= 15 is 0 Å². The van der Waals surface area contributed by atoms with Crippen molar-refractivity contribution in [2.45, 2.75) is 33.2 Å². The van der Waals surface area contributed by atoms with E-state index in [1.807, 2.05) is 25.4 Å². The Hall–Kier alpha value is -1.69. The van der Waals surface area contributed by atoms with Crippen LogP contribution >= 0.6 is 11.3 Å². The van der Waals surface area contributed by atoms with Crippen LogP contribution < -0.4 is 5.32 Å². The van der Waals surface area contributed by atoms with E-state index in [-0.39, 0.29) is 11.9 Å². The van der Waals surface area contributed by atoms with Gasteiger partial charge in [0, 0.05) is 17.3 Å². The lowest BCUT2D eigenvalue weighted by molar-refractivity contribution is 0.0929. The average molecular weight is 292 g/mol. The van der Waals surface area contributed by atoms with E-state index in [0.717, 1.165) is 17.1 Å². The van der Waals surface area contributed by atoms with Gasteiger partial charge in [0.1, 0.15) is 12.2 Å². The quantitative estimate of drug-likeness (QED) is 0.921. The van der Waals surface area contributed by atoms with Crippen LogP contribution in [0.25, 0.3) is 0 Å². The molecule has 0 aliphatic carbocycles. The number of hydrogen-bond donors (Lipinski definition) is 1. The minimum absolute atomic E-state index is 0.0528. The fraction of sp³-hybridized carbons (Fsp3) is 0.500. The zero-order valence-electron chi connectivity index (χ0n) is 12.3. The Morgan fingerprint density at radius 2 is 2.25 bits per heavy atom. The van der Waals surface area contributed by atoms with E-state index in [1.165, 1.54) is 6.33 Å². The first kappa shape index (κ1) is 14.7. The van der Waals surface area contributed by atoms with Gasteiger partial charge < -0.3 is 5.32 Å². The molecule has 6 heteroatoms. The van der Waals surface area contributed by atoms with Gasteiger partial charge in [0.15, 0.2) is 0 Å². The normalized spacial score (nSPS) is 12.7. The van der Waals surface area contributed by atoms with Crippen LogP contribution in [0, 0.1) is 12.8 Å². The van der Waals surface area contributed by atoms with Crippen molar-refractivity contribution >= 4 is 17.2 Å². The second-order valence-electron chi connectivity index (χ2n) is 5.34. The topological polar surface area (TPSA) is 59.8 Å². The number of thiophene rings is 1. The average Bonchev–Trinajstić information content (AvgIpc) is 2.96. The Labute approximate surface area is 123 Å². The summed E-state index contributed by atoms with van der Waals surface area (Å²) in [4.78, 5) is 17.7. The second-order valence-corrected chi connectivity index (χ2v) is 6.46. The highest BCUT2D eigenvalue weighted by Gasteiger charge is 2.21. The van der Waals surface area contributed by atoms with Gasteiger partial charge in [-0.3, -0.25) is 9.48 Å². The van der Waals surface area contributed by atoms with Gasteiger partial charge in [-0.1, -0.05) is 13.8 Å². The van der Waals surface area contributed by atoms with E-state index < -0.39 is 0 Å². The summed E-state index contributed by atoms with van der Waals surface area (Å²) in [5, 5.41) is 9.03. The van der Waals surface area contributed by atoms with Crippen molar-refractivity contribution in [3.05, 3.63) is 34.0 Å². The maximum atomic E-state index is 12.3. The van der Waals surface area contributed by atoms with Crippen molar-refractivity contribution in [3.8, 4) is 0 Å². The summed E-state index contributed by atoms with van der Waals surface area (Å²) in [5.74, 6) is 1.20. The molecule has 0 saturated carbocycles. The van der Waals surface area contributed by atoms with Gasteiger partial charge in [-0.05, 0) is 25.3 Å². The number of aryl methyl sites for hydroxylation is 2. The molecule has 0 aliphatic heterocycles. The van der Waals surface area contributed by atoms with Crippen molar-refractivity contribution < 1.29 is 4.79 Å². The molecule has 0 fully saturated rings. The smallest absolute Gasteiger partial charge is 0.252 e. The molecule has 1 atom stereocenters. The minimum Gasteiger partial charge on any atom is -0.342 e. The van der Waals surface area contributed by atoms with Crippen molar-refractivity contribution in [2.75, 3.05) is 0 Å². The highest BCUT2D eigenvalue weighted by atomic mass is 32.1. The van der Waals surface area contributed by atoms with Crippen molar-refractivity contribution in [1.29, 1.82) is 0 Å². The summed E-state index contributed by atoms with van der Waals surface area (Å²) >= 11 is 1.58. The van der Waals surface area contributed by atoms with Gasteiger partial charge in [0.25, 0.3) is 5.91 Å². The number of amides is 1. The van der Waals surface area contributed by atoms with Crippen molar-refractivity contribution in [3.63, 3.8) is 0 Å². The number of nitrogens with one attached hydrogen (secondary N) is 1. The maximum absolute atomic E-state index is 12.3. The molecule has 108 valence electrons. The van der Waals surface area contributed by atoms with Gasteiger partial charge in [-0.25, -0.2) is 4.98 Å². The molecule has 1 N–H and O–H groups in total. The van der Waals surface area contributed by atoms with Crippen molar-refractivity contribution in [1.82, 2.24) is 20.1 Å². The first-order chi connectivity index (χ1) is 9.47. The number of carbonyl (C=O) groups excluding carboxylic acids is 1. The Bertz CT molecular complexity index is 588. The number of aromatic nitrogens is 3. The molecule has 0 radical (unpaired) electrons. The molecule has 0 aromatic carbocycles. The fourth-order valence-corrected chi connectivity index (χ4v) is 2.81. The van der Waals surface area contributed by atoms with Crippen LogP contribution in [0.15, 0.2) is 17.8 Å². The maximum Gasteiger partial charge on any atom is 0.252 e. The molecule has 5 nitrogen and oxygen atoms in total. The molecule has 2 aromatic heterocycles. The van der Waals surface area contributed by atoms with Crippen LogP contribution in [0.4, 0.5) is 0 Å². The molecule has 1 unspecified atom stereocenters. The lowest BCUT2D eigenvalue weighted by Crippen LogP contribution is -2.31. The lowest BCUT2D eigenvalue weighted by atomic mass is 10.0. The van der Waals surface area contributed by atoms with Crippen LogP contribution in [-0.4, -0.2) is 20.7 Å². The first-order valence-electron chi connectivity index (χ1n) is 6.67. The predicted molar refractivity (Wildman–Crippen MR) is 79.7 cm³/mol. The van der Waals surface area contributed by atoms with Gasteiger partial charge in [-0.2, -0.15) is 5.10 Å². The third-order valence-electron chi connectivity index (χ3n) is 3.06. The molecule has 1 amide bonds. The van der Waals surface area contributed by atoms with Gasteiger partial charge in [0.05, 0.1) is 11.6 Å². The highest BCUT2D eigenvalue weighted by molar-refractivity contribution is 7.10. The molecule has 0 aliphatic rings. The summed E-state index contributed by atoms with van der Waals surface area (Å²) in [7, 11) is 1.84. The summed E-state index contributed by atoms with van der Waals surface area (Å²) < 4.78 is 1.71. The SMILES string of the molecule is Cc1cc(C(=O)NC(CC(C)C)c2ncnn2C)cs1. The van der Waals surface area contributed by atoms with Crippen LogP contribution in [0.2, 0.25) is 0 Å². The van der Waals surface area contributed by atoms with Gasteiger partial charge in [0.2, 0.25) is 0 Å². The summed E-state index contributed by atoms with van der Waals surface area (Å²) in [6, 6.07) is 1.79. The summed E-state index contributed by atoms with van der Waals surface area (Å²) in [6.45, 7) is 6.25. The molecular weight excluding hydrogens is 272 g/mol.